The average molecular weight is 348 g/mol. The summed E-state index contributed by atoms with van der Waals surface area (Å²) in [6, 6.07) is 12.0. The Morgan fingerprint density at radius 1 is 0.654 bits per heavy atom. The number of rotatable bonds is 2. The zero-order valence-electron chi connectivity index (χ0n) is 15.5. The molecule has 3 rings (SSSR count). The topological polar surface area (TPSA) is 92.5 Å². The number of nitrogens with two attached hydrogens (primary N) is 2. The third-order valence-electron chi connectivity index (χ3n) is 5.08. The van der Waals surface area contributed by atoms with Crippen LogP contribution < -0.4 is 11.5 Å². The molecule has 4 nitrogen and oxygen atoms in total. The zero-order chi connectivity index (χ0) is 19.2. The Bertz CT molecular complexity index is 945. The third-order valence-corrected chi connectivity index (χ3v) is 5.08. The van der Waals surface area contributed by atoms with Gasteiger partial charge in [0.05, 0.1) is 11.4 Å². The first kappa shape index (κ1) is 17.7. The predicted octanol–water partition coefficient (Wildman–Crippen LogP) is 4.83. The lowest BCUT2D eigenvalue weighted by Crippen LogP contribution is -1.97. The van der Waals surface area contributed by atoms with Gasteiger partial charge in [-0.05, 0) is 90.4 Å². The van der Waals surface area contributed by atoms with Gasteiger partial charge in [-0.3, -0.25) is 0 Å². The molecule has 0 bridgehead atoms. The maximum absolute atomic E-state index is 10.1. The van der Waals surface area contributed by atoms with Crippen LogP contribution in [0.1, 0.15) is 22.3 Å². The first-order valence-corrected chi connectivity index (χ1v) is 8.50. The first-order chi connectivity index (χ1) is 12.2. The molecule has 0 aliphatic heterocycles. The van der Waals surface area contributed by atoms with E-state index in [1.807, 2.05) is 58.0 Å². The normalized spacial score (nSPS) is 10.9. The molecule has 0 heterocycles. The summed E-state index contributed by atoms with van der Waals surface area (Å²) in [5, 5.41) is 20.1. The highest BCUT2D eigenvalue weighted by Gasteiger charge is 2.14. The van der Waals surface area contributed by atoms with Gasteiger partial charge in [0.15, 0.2) is 0 Å². The number of hydrogen-bond donors (Lipinski definition) is 4. The van der Waals surface area contributed by atoms with E-state index in [9.17, 15) is 10.2 Å². The molecule has 0 amide bonds. The summed E-state index contributed by atoms with van der Waals surface area (Å²) in [5.41, 5.74) is 20.1. The van der Waals surface area contributed by atoms with Gasteiger partial charge < -0.3 is 21.7 Å². The minimum absolute atomic E-state index is 0.139. The van der Waals surface area contributed by atoms with Crippen molar-refractivity contribution in [2.75, 3.05) is 11.5 Å². The zero-order valence-corrected chi connectivity index (χ0v) is 15.5. The molecule has 6 N–H and O–H groups in total. The maximum Gasteiger partial charge on any atom is 0.141 e. The van der Waals surface area contributed by atoms with Crippen LogP contribution >= 0.6 is 0 Å². The molecule has 0 saturated heterocycles. The van der Waals surface area contributed by atoms with Crippen LogP contribution in [0, 0.1) is 27.7 Å². The molecule has 0 radical (unpaired) electrons. The standard InChI is InChI=1S/C22H24N2O2/c1-11-8-17(13(3)19(23)21(11)25)15-6-5-7-16(10-15)18-9-12(2)22(26)20(24)14(18)4/h5-10,25-26H,23-24H2,1-4H3. The lowest BCUT2D eigenvalue weighted by molar-refractivity contribution is 0.473. The summed E-state index contributed by atoms with van der Waals surface area (Å²) in [4.78, 5) is 0. The van der Waals surface area contributed by atoms with E-state index >= 15 is 0 Å². The highest BCUT2D eigenvalue weighted by atomic mass is 16.3. The van der Waals surface area contributed by atoms with Crippen LogP contribution in [-0.2, 0) is 0 Å². The number of hydrogen-bond acceptors (Lipinski definition) is 4. The number of phenolic OH excluding ortho intramolecular Hbond substituents is 2. The smallest absolute Gasteiger partial charge is 0.141 e. The number of anilines is 2. The Morgan fingerprint density at radius 2 is 1.04 bits per heavy atom. The van der Waals surface area contributed by atoms with Crippen molar-refractivity contribution in [1.29, 1.82) is 0 Å². The number of phenols is 2. The van der Waals surface area contributed by atoms with Crippen molar-refractivity contribution in [3.05, 3.63) is 58.7 Å². The van der Waals surface area contributed by atoms with Crippen LogP contribution in [0.3, 0.4) is 0 Å². The van der Waals surface area contributed by atoms with Crippen molar-refractivity contribution in [1.82, 2.24) is 0 Å². The van der Waals surface area contributed by atoms with Gasteiger partial charge in [0.1, 0.15) is 11.5 Å². The maximum atomic E-state index is 10.1. The molecule has 26 heavy (non-hydrogen) atoms. The van der Waals surface area contributed by atoms with Crippen molar-refractivity contribution >= 4 is 11.4 Å². The van der Waals surface area contributed by atoms with Gasteiger partial charge in [-0.25, -0.2) is 0 Å². The molecule has 0 aliphatic carbocycles. The van der Waals surface area contributed by atoms with Crippen molar-refractivity contribution in [3.8, 4) is 33.8 Å². The summed E-state index contributed by atoms with van der Waals surface area (Å²) >= 11 is 0. The van der Waals surface area contributed by atoms with E-state index in [4.69, 9.17) is 11.5 Å². The predicted molar refractivity (Wildman–Crippen MR) is 108 cm³/mol. The molecule has 0 fully saturated rings. The van der Waals surface area contributed by atoms with Crippen molar-refractivity contribution < 1.29 is 10.2 Å². The summed E-state index contributed by atoms with van der Waals surface area (Å²) < 4.78 is 0. The van der Waals surface area contributed by atoms with Gasteiger partial charge >= 0.3 is 0 Å². The van der Waals surface area contributed by atoms with Gasteiger partial charge in [0.25, 0.3) is 0 Å². The monoisotopic (exact) mass is 348 g/mol. The van der Waals surface area contributed by atoms with Crippen molar-refractivity contribution in [2.24, 2.45) is 0 Å². The second kappa shape index (κ2) is 6.30. The van der Waals surface area contributed by atoms with E-state index in [1.54, 1.807) is 0 Å². The number of nitrogen functional groups attached to an aromatic ring is 2. The lowest BCUT2D eigenvalue weighted by atomic mass is 9.91. The molecule has 4 heteroatoms. The average Bonchev–Trinajstić information content (AvgIpc) is 2.64. The van der Waals surface area contributed by atoms with Crippen molar-refractivity contribution in [2.45, 2.75) is 27.7 Å². The molecule has 0 aromatic heterocycles. The van der Waals surface area contributed by atoms with Gasteiger partial charge in [-0.2, -0.15) is 0 Å². The van der Waals surface area contributed by atoms with E-state index in [0.717, 1.165) is 44.5 Å². The molecule has 0 spiro atoms. The second-order valence-electron chi connectivity index (χ2n) is 6.84. The SMILES string of the molecule is Cc1cc(-c2cccc(-c3cc(C)c(O)c(N)c3C)c2)c(C)c(N)c1O. The van der Waals surface area contributed by atoms with E-state index in [-0.39, 0.29) is 11.5 Å². The Kier molecular flexibility index (Phi) is 4.28. The molecule has 3 aromatic rings. The van der Waals surface area contributed by atoms with E-state index in [0.29, 0.717) is 11.4 Å². The minimum atomic E-state index is 0.139. The summed E-state index contributed by atoms with van der Waals surface area (Å²) in [6.45, 7) is 7.49. The molecular weight excluding hydrogens is 324 g/mol. The Labute approximate surface area is 153 Å². The van der Waals surface area contributed by atoms with E-state index < -0.39 is 0 Å². The van der Waals surface area contributed by atoms with Crippen LogP contribution in [-0.4, -0.2) is 10.2 Å². The van der Waals surface area contributed by atoms with Crippen LogP contribution in [0.15, 0.2) is 36.4 Å². The van der Waals surface area contributed by atoms with Crippen LogP contribution in [0.2, 0.25) is 0 Å². The fraction of sp³-hybridized carbons (Fsp3) is 0.182. The van der Waals surface area contributed by atoms with Crippen LogP contribution in [0.25, 0.3) is 22.3 Å². The van der Waals surface area contributed by atoms with Crippen LogP contribution in [0.5, 0.6) is 11.5 Å². The fourth-order valence-corrected chi connectivity index (χ4v) is 3.31. The fourth-order valence-electron chi connectivity index (χ4n) is 3.31. The molecule has 0 unspecified atom stereocenters. The Morgan fingerprint density at radius 3 is 1.42 bits per heavy atom. The van der Waals surface area contributed by atoms with E-state index in [2.05, 4.69) is 6.07 Å². The molecule has 0 aliphatic rings. The first-order valence-electron chi connectivity index (χ1n) is 8.50. The van der Waals surface area contributed by atoms with Crippen molar-refractivity contribution in [3.63, 3.8) is 0 Å². The Balaban J connectivity index is 2.21. The highest BCUT2D eigenvalue weighted by Crippen LogP contribution is 2.39. The summed E-state index contributed by atoms with van der Waals surface area (Å²) in [6.07, 6.45) is 0. The van der Waals surface area contributed by atoms with Gasteiger partial charge in [-0.15, -0.1) is 0 Å². The second-order valence-corrected chi connectivity index (χ2v) is 6.84. The summed E-state index contributed by atoms with van der Waals surface area (Å²) in [7, 11) is 0. The molecule has 134 valence electrons. The van der Waals surface area contributed by atoms with E-state index in [1.165, 1.54) is 0 Å². The Hall–Kier alpha value is -3.14. The van der Waals surface area contributed by atoms with Gasteiger partial charge in [0, 0.05) is 0 Å². The number of aryl methyl sites for hydroxylation is 2. The quantitative estimate of drug-likeness (QED) is 0.394. The van der Waals surface area contributed by atoms with Crippen LogP contribution in [0.4, 0.5) is 11.4 Å². The molecule has 0 saturated carbocycles. The molecule has 3 aromatic carbocycles. The molecular formula is C22H24N2O2. The number of benzene rings is 3. The molecule has 0 atom stereocenters. The van der Waals surface area contributed by atoms with Gasteiger partial charge in [-0.1, -0.05) is 18.2 Å². The number of aromatic hydroxyl groups is 2. The lowest BCUT2D eigenvalue weighted by Gasteiger charge is -2.16. The van der Waals surface area contributed by atoms with Gasteiger partial charge in [0.2, 0.25) is 0 Å². The third kappa shape index (κ3) is 2.73. The largest absolute Gasteiger partial charge is 0.506 e. The summed E-state index contributed by atoms with van der Waals surface area (Å²) in [5.74, 6) is 0.278. The minimum Gasteiger partial charge on any atom is -0.506 e. The highest BCUT2D eigenvalue weighted by molar-refractivity contribution is 5.83.